The molecule has 2 aromatic carbocycles. The van der Waals surface area contributed by atoms with Gasteiger partial charge in [-0.3, -0.25) is 14.2 Å². The molecule has 1 N–H and O–H groups in total. The molecule has 206 valence electrons. The van der Waals surface area contributed by atoms with Crippen LogP contribution in [0, 0.1) is 6.92 Å². The minimum absolute atomic E-state index is 0.118. The molecule has 6 rings (SSSR count). The van der Waals surface area contributed by atoms with Crippen molar-refractivity contribution in [1.29, 1.82) is 0 Å². The van der Waals surface area contributed by atoms with Crippen LogP contribution < -0.4 is 5.32 Å². The van der Waals surface area contributed by atoms with Gasteiger partial charge in [0.25, 0.3) is 11.8 Å². The van der Waals surface area contributed by atoms with Crippen molar-refractivity contribution in [2.24, 2.45) is 5.10 Å². The molecule has 0 aliphatic carbocycles. The highest BCUT2D eigenvalue weighted by Gasteiger charge is 2.33. The topological polar surface area (TPSA) is 106 Å². The first-order valence-corrected chi connectivity index (χ1v) is 14.9. The third kappa shape index (κ3) is 5.86. The molecule has 2 amide bonds. The predicted molar refractivity (Wildman–Crippen MR) is 158 cm³/mol. The van der Waals surface area contributed by atoms with E-state index in [4.69, 9.17) is 9.52 Å². The number of nitrogens with zero attached hydrogens (tertiary/aromatic N) is 5. The number of rotatable bonds is 9. The lowest BCUT2D eigenvalue weighted by Crippen LogP contribution is -2.28. The zero-order chi connectivity index (χ0) is 28.2. The lowest BCUT2D eigenvalue weighted by atomic mass is 10.00. The summed E-state index contributed by atoms with van der Waals surface area (Å²) in [6.45, 7) is 2.18. The Labute approximate surface area is 244 Å². The first-order chi connectivity index (χ1) is 20.1. The Morgan fingerprint density at radius 2 is 1.85 bits per heavy atom. The van der Waals surface area contributed by atoms with E-state index in [2.05, 4.69) is 39.8 Å². The van der Waals surface area contributed by atoms with Crippen LogP contribution in [0.1, 0.15) is 44.8 Å². The molecular weight excluding hydrogens is 557 g/mol. The number of hydrogen-bond acceptors (Lipinski definition) is 8. The number of hydrogen-bond donors (Lipinski definition) is 1. The number of aryl methyl sites for hydroxylation is 1. The van der Waals surface area contributed by atoms with E-state index < -0.39 is 0 Å². The molecule has 0 unspecified atom stereocenters. The van der Waals surface area contributed by atoms with Crippen molar-refractivity contribution >= 4 is 40.6 Å². The predicted octanol–water partition coefficient (Wildman–Crippen LogP) is 5.63. The average Bonchev–Trinajstić information content (AvgIpc) is 3.82. The van der Waals surface area contributed by atoms with Crippen LogP contribution in [0.2, 0.25) is 0 Å². The average molecular weight is 583 g/mol. The second-order valence-corrected chi connectivity index (χ2v) is 11.3. The molecule has 0 spiro atoms. The Balaban J connectivity index is 1.23. The summed E-state index contributed by atoms with van der Waals surface area (Å²) in [5.74, 6) is 0.391. The van der Waals surface area contributed by atoms with Gasteiger partial charge in [0.2, 0.25) is 0 Å². The molecule has 0 saturated heterocycles. The van der Waals surface area contributed by atoms with Gasteiger partial charge >= 0.3 is 0 Å². The first kappa shape index (κ1) is 26.7. The van der Waals surface area contributed by atoms with Crippen LogP contribution in [-0.2, 0) is 11.3 Å². The van der Waals surface area contributed by atoms with Crippen LogP contribution in [0.5, 0.6) is 0 Å². The fourth-order valence-corrected chi connectivity index (χ4v) is 6.12. The minimum atomic E-state index is -0.349. The number of hydrazone groups is 1. The summed E-state index contributed by atoms with van der Waals surface area (Å²) in [5.41, 5.74) is 3.94. The fourth-order valence-electron chi connectivity index (χ4n) is 4.57. The van der Waals surface area contributed by atoms with E-state index in [9.17, 15) is 9.59 Å². The van der Waals surface area contributed by atoms with Crippen LogP contribution in [0.15, 0.2) is 105 Å². The summed E-state index contributed by atoms with van der Waals surface area (Å²) in [6, 6.07) is 25.0. The highest BCUT2D eigenvalue weighted by atomic mass is 32.2. The summed E-state index contributed by atoms with van der Waals surface area (Å²) in [4.78, 5) is 27.2. The van der Waals surface area contributed by atoms with Gasteiger partial charge in [-0.15, -0.1) is 21.5 Å². The van der Waals surface area contributed by atoms with E-state index in [1.807, 2.05) is 59.3 Å². The van der Waals surface area contributed by atoms with Crippen molar-refractivity contribution in [2.45, 2.75) is 31.1 Å². The Kier molecular flexibility index (Phi) is 7.79. The summed E-state index contributed by atoms with van der Waals surface area (Å²) in [6.07, 6.45) is 2.10. The summed E-state index contributed by atoms with van der Waals surface area (Å²) < 4.78 is 7.03. The molecule has 0 radical (unpaired) electrons. The summed E-state index contributed by atoms with van der Waals surface area (Å²) in [5, 5.41) is 20.5. The van der Waals surface area contributed by atoms with Gasteiger partial charge in [-0.25, -0.2) is 5.01 Å². The van der Waals surface area contributed by atoms with Crippen molar-refractivity contribution in [1.82, 2.24) is 25.1 Å². The summed E-state index contributed by atoms with van der Waals surface area (Å²) >= 11 is 2.91. The van der Waals surface area contributed by atoms with E-state index in [-0.39, 0.29) is 35.9 Å². The van der Waals surface area contributed by atoms with Crippen molar-refractivity contribution in [3.63, 3.8) is 0 Å². The Hall–Kier alpha value is -4.48. The smallest absolute Gasteiger partial charge is 0.287 e. The molecular formula is C30H26N6O3S2. The van der Waals surface area contributed by atoms with Crippen molar-refractivity contribution in [3.05, 3.63) is 118 Å². The minimum Gasteiger partial charge on any atom is -0.459 e. The number of benzene rings is 2. The number of furan rings is 1. The molecule has 1 aliphatic heterocycles. The molecule has 4 heterocycles. The number of amides is 2. The molecule has 0 bridgehead atoms. The molecule has 3 aromatic heterocycles. The normalized spacial score (nSPS) is 14.7. The maximum absolute atomic E-state index is 13.7. The van der Waals surface area contributed by atoms with Crippen LogP contribution in [0.4, 0.5) is 0 Å². The fraction of sp³-hybridized carbons (Fsp3) is 0.167. The Morgan fingerprint density at radius 3 is 2.59 bits per heavy atom. The Morgan fingerprint density at radius 1 is 1.02 bits per heavy atom. The highest BCUT2D eigenvalue weighted by Crippen LogP contribution is 2.35. The van der Waals surface area contributed by atoms with Gasteiger partial charge in [-0.05, 0) is 48.2 Å². The molecule has 11 heteroatoms. The lowest BCUT2D eigenvalue weighted by Gasteiger charge is -2.22. The molecule has 41 heavy (non-hydrogen) atoms. The van der Waals surface area contributed by atoms with Gasteiger partial charge in [-0.2, -0.15) is 5.10 Å². The number of aromatic nitrogens is 3. The zero-order valence-corrected chi connectivity index (χ0v) is 23.8. The number of carbonyl (C=O) groups excluding carboxylic acids is 2. The van der Waals surface area contributed by atoms with Gasteiger partial charge in [-0.1, -0.05) is 65.9 Å². The maximum atomic E-state index is 13.7. The Bertz CT molecular complexity index is 1660. The van der Waals surface area contributed by atoms with E-state index >= 15 is 0 Å². The number of thioether (sulfide) groups is 1. The number of carbonyl (C=O) groups is 2. The third-order valence-electron chi connectivity index (χ3n) is 6.63. The summed E-state index contributed by atoms with van der Waals surface area (Å²) in [7, 11) is 0. The number of para-hydroxylation sites is 1. The molecule has 9 nitrogen and oxygen atoms in total. The molecule has 0 fully saturated rings. The van der Waals surface area contributed by atoms with Crippen LogP contribution in [0.25, 0.3) is 5.69 Å². The third-order valence-corrected chi connectivity index (χ3v) is 8.46. The van der Waals surface area contributed by atoms with Crippen molar-refractivity contribution < 1.29 is 14.0 Å². The van der Waals surface area contributed by atoms with Gasteiger partial charge < -0.3 is 9.73 Å². The lowest BCUT2D eigenvalue weighted by molar-refractivity contribution is -0.130. The number of nitrogens with one attached hydrogen (secondary N) is 1. The van der Waals surface area contributed by atoms with E-state index in [1.165, 1.54) is 18.0 Å². The van der Waals surface area contributed by atoms with Crippen LogP contribution in [-0.4, -0.2) is 43.1 Å². The van der Waals surface area contributed by atoms with Crippen LogP contribution in [0.3, 0.4) is 0 Å². The van der Waals surface area contributed by atoms with E-state index in [1.54, 1.807) is 28.5 Å². The van der Waals surface area contributed by atoms with Gasteiger partial charge in [0.05, 0.1) is 35.2 Å². The highest BCUT2D eigenvalue weighted by molar-refractivity contribution is 7.99. The quantitative estimate of drug-likeness (QED) is 0.226. The molecule has 5 aromatic rings. The molecule has 0 saturated carbocycles. The SMILES string of the molecule is Cc1ccc([C@@H]2CC(c3cccs3)=NN2C(=O)CSc2nnc(CNC(=O)c3ccco3)n2-c2ccccc2)cc1. The monoisotopic (exact) mass is 582 g/mol. The van der Waals surface area contributed by atoms with Gasteiger partial charge in [0.15, 0.2) is 16.7 Å². The molecule has 1 aliphatic rings. The van der Waals surface area contributed by atoms with Crippen molar-refractivity contribution in [2.75, 3.05) is 5.75 Å². The second kappa shape index (κ2) is 11.9. The first-order valence-electron chi connectivity index (χ1n) is 13.0. The zero-order valence-electron chi connectivity index (χ0n) is 22.1. The van der Waals surface area contributed by atoms with Crippen molar-refractivity contribution in [3.8, 4) is 5.69 Å². The van der Waals surface area contributed by atoms with E-state index in [0.717, 1.165) is 27.4 Å². The number of thiophene rings is 1. The standard InChI is InChI=1S/C30H26N6O3S2/c1-20-11-13-21(14-12-20)24-17-23(26-10-6-16-40-26)34-36(24)28(37)19-41-30-33-32-27(35(30)22-7-3-2-4-8-22)18-31-29(38)25-9-5-15-39-25/h2-16,24H,17-19H2,1H3,(H,31,38)/t24-/m0/s1. The molecule has 1 atom stereocenters. The largest absolute Gasteiger partial charge is 0.459 e. The van der Waals surface area contributed by atoms with E-state index in [0.29, 0.717) is 17.4 Å². The van der Waals surface area contributed by atoms with Gasteiger partial charge in [0, 0.05) is 12.1 Å². The maximum Gasteiger partial charge on any atom is 0.287 e. The van der Waals surface area contributed by atoms with Crippen LogP contribution >= 0.6 is 23.1 Å². The van der Waals surface area contributed by atoms with Gasteiger partial charge in [0.1, 0.15) is 0 Å². The second-order valence-electron chi connectivity index (χ2n) is 9.41.